The third-order valence-corrected chi connectivity index (χ3v) is 2.98. The second kappa shape index (κ2) is 6.85. The standard InChI is InChI=1S/C14H17N3O4/c1-19-9-8-17-13(12(15-16-17)14(18)21-3)10-6-4-5-7-11(10)20-2/h4-7H,8-9H2,1-3H3. The van der Waals surface area contributed by atoms with Crippen LogP contribution in [0.5, 0.6) is 5.75 Å². The molecule has 0 amide bonds. The summed E-state index contributed by atoms with van der Waals surface area (Å²) >= 11 is 0. The van der Waals surface area contributed by atoms with Gasteiger partial charge < -0.3 is 14.2 Å². The van der Waals surface area contributed by atoms with Crippen LogP contribution < -0.4 is 4.74 Å². The summed E-state index contributed by atoms with van der Waals surface area (Å²) in [4.78, 5) is 11.9. The quantitative estimate of drug-likeness (QED) is 0.749. The zero-order valence-corrected chi connectivity index (χ0v) is 12.2. The Morgan fingerprint density at radius 2 is 2.00 bits per heavy atom. The zero-order valence-electron chi connectivity index (χ0n) is 12.2. The van der Waals surface area contributed by atoms with Gasteiger partial charge in [-0.25, -0.2) is 9.48 Å². The Balaban J connectivity index is 2.57. The van der Waals surface area contributed by atoms with Crippen LogP contribution in [0.2, 0.25) is 0 Å². The van der Waals surface area contributed by atoms with E-state index in [1.165, 1.54) is 7.11 Å². The lowest BCUT2D eigenvalue weighted by Gasteiger charge is -2.11. The average Bonchev–Trinajstić information content (AvgIpc) is 2.95. The summed E-state index contributed by atoms with van der Waals surface area (Å²) in [6.07, 6.45) is 0. The Morgan fingerprint density at radius 1 is 1.24 bits per heavy atom. The summed E-state index contributed by atoms with van der Waals surface area (Å²) in [5.74, 6) is 0.0863. The van der Waals surface area contributed by atoms with E-state index in [1.54, 1.807) is 18.9 Å². The van der Waals surface area contributed by atoms with E-state index in [0.717, 1.165) is 5.56 Å². The fraction of sp³-hybridized carbons (Fsp3) is 0.357. The molecule has 112 valence electrons. The Labute approximate surface area is 122 Å². The molecule has 0 atom stereocenters. The van der Waals surface area contributed by atoms with Gasteiger partial charge in [-0.3, -0.25) is 0 Å². The van der Waals surface area contributed by atoms with Crippen molar-refractivity contribution in [3.05, 3.63) is 30.0 Å². The van der Waals surface area contributed by atoms with Gasteiger partial charge in [0.25, 0.3) is 0 Å². The minimum atomic E-state index is -0.542. The molecule has 0 unspecified atom stereocenters. The number of ether oxygens (including phenoxy) is 3. The summed E-state index contributed by atoms with van der Waals surface area (Å²) in [6, 6.07) is 7.35. The number of hydrogen-bond acceptors (Lipinski definition) is 6. The molecule has 2 aromatic rings. The zero-order chi connectivity index (χ0) is 15.2. The fourth-order valence-corrected chi connectivity index (χ4v) is 1.99. The van der Waals surface area contributed by atoms with Gasteiger partial charge in [0, 0.05) is 12.7 Å². The number of aromatic nitrogens is 3. The van der Waals surface area contributed by atoms with E-state index < -0.39 is 5.97 Å². The molecule has 1 heterocycles. The summed E-state index contributed by atoms with van der Waals surface area (Å²) in [6.45, 7) is 0.917. The number of benzene rings is 1. The SMILES string of the molecule is COCCn1nnc(C(=O)OC)c1-c1ccccc1OC. The van der Waals surface area contributed by atoms with Crippen molar-refractivity contribution in [1.82, 2.24) is 15.0 Å². The Hall–Kier alpha value is -2.41. The van der Waals surface area contributed by atoms with Crippen molar-refractivity contribution in [3.8, 4) is 17.0 Å². The summed E-state index contributed by atoms with van der Waals surface area (Å²) in [5, 5.41) is 7.92. The molecule has 0 bridgehead atoms. The van der Waals surface area contributed by atoms with Crippen molar-refractivity contribution in [1.29, 1.82) is 0 Å². The van der Waals surface area contributed by atoms with Crippen LogP contribution in [-0.2, 0) is 16.0 Å². The van der Waals surface area contributed by atoms with Crippen molar-refractivity contribution < 1.29 is 19.0 Å². The molecule has 7 heteroatoms. The van der Waals surface area contributed by atoms with Gasteiger partial charge in [0.15, 0.2) is 5.69 Å². The van der Waals surface area contributed by atoms with E-state index in [1.807, 2.05) is 24.3 Å². The van der Waals surface area contributed by atoms with Gasteiger partial charge in [-0.05, 0) is 12.1 Å². The highest BCUT2D eigenvalue weighted by atomic mass is 16.5. The molecule has 0 aliphatic heterocycles. The molecule has 1 aromatic heterocycles. The maximum atomic E-state index is 11.9. The van der Waals surface area contributed by atoms with Gasteiger partial charge in [-0.1, -0.05) is 17.3 Å². The monoisotopic (exact) mass is 291 g/mol. The van der Waals surface area contributed by atoms with Gasteiger partial charge in [-0.2, -0.15) is 0 Å². The number of carbonyl (C=O) groups is 1. The summed E-state index contributed by atoms with van der Waals surface area (Å²) in [5.41, 5.74) is 1.43. The van der Waals surface area contributed by atoms with Gasteiger partial charge >= 0.3 is 5.97 Å². The number of hydrogen-bond donors (Lipinski definition) is 0. The predicted octanol–water partition coefficient (Wildman–Crippen LogP) is 1.39. The molecule has 0 saturated carbocycles. The van der Waals surface area contributed by atoms with Crippen LogP contribution in [0.1, 0.15) is 10.5 Å². The van der Waals surface area contributed by atoms with E-state index in [4.69, 9.17) is 14.2 Å². The van der Waals surface area contributed by atoms with E-state index in [-0.39, 0.29) is 5.69 Å². The fourth-order valence-electron chi connectivity index (χ4n) is 1.99. The molecule has 0 saturated heterocycles. The smallest absolute Gasteiger partial charge is 0.360 e. The van der Waals surface area contributed by atoms with Crippen LogP contribution >= 0.6 is 0 Å². The van der Waals surface area contributed by atoms with Crippen LogP contribution in [0.25, 0.3) is 11.3 Å². The van der Waals surface area contributed by atoms with Crippen molar-refractivity contribution in [2.75, 3.05) is 27.9 Å². The molecule has 0 radical (unpaired) electrons. The number of carbonyl (C=O) groups excluding carboxylic acids is 1. The molecule has 2 rings (SSSR count). The summed E-state index contributed by atoms with van der Waals surface area (Å²) < 4.78 is 16.8. The average molecular weight is 291 g/mol. The largest absolute Gasteiger partial charge is 0.496 e. The minimum Gasteiger partial charge on any atom is -0.496 e. The number of para-hydroxylation sites is 1. The Morgan fingerprint density at radius 3 is 2.67 bits per heavy atom. The number of nitrogens with zero attached hydrogens (tertiary/aromatic N) is 3. The first-order valence-corrected chi connectivity index (χ1v) is 6.37. The van der Waals surface area contributed by atoms with E-state index >= 15 is 0 Å². The minimum absolute atomic E-state index is 0.151. The van der Waals surface area contributed by atoms with Crippen LogP contribution in [0.3, 0.4) is 0 Å². The highest BCUT2D eigenvalue weighted by Crippen LogP contribution is 2.31. The van der Waals surface area contributed by atoms with Gasteiger partial charge in [0.2, 0.25) is 0 Å². The topological polar surface area (TPSA) is 75.5 Å². The van der Waals surface area contributed by atoms with Gasteiger partial charge in [-0.15, -0.1) is 5.10 Å². The van der Waals surface area contributed by atoms with E-state index in [9.17, 15) is 4.79 Å². The second-order valence-electron chi connectivity index (χ2n) is 4.19. The number of methoxy groups -OCH3 is 3. The van der Waals surface area contributed by atoms with Gasteiger partial charge in [0.05, 0.1) is 27.4 Å². The lowest BCUT2D eigenvalue weighted by atomic mass is 10.1. The van der Waals surface area contributed by atoms with Crippen molar-refractivity contribution in [2.45, 2.75) is 6.54 Å². The Bertz CT molecular complexity index is 624. The predicted molar refractivity (Wildman–Crippen MR) is 75.2 cm³/mol. The van der Waals surface area contributed by atoms with Gasteiger partial charge in [0.1, 0.15) is 11.4 Å². The van der Waals surface area contributed by atoms with Crippen molar-refractivity contribution in [2.24, 2.45) is 0 Å². The molecule has 0 spiro atoms. The molecule has 0 N–H and O–H groups in total. The molecule has 0 aliphatic carbocycles. The third-order valence-electron chi connectivity index (χ3n) is 2.98. The number of esters is 1. The normalized spacial score (nSPS) is 10.4. The molecule has 0 fully saturated rings. The second-order valence-corrected chi connectivity index (χ2v) is 4.19. The maximum absolute atomic E-state index is 11.9. The van der Waals surface area contributed by atoms with Crippen LogP contribution in [0.15, 0.2) is 24.3 Å². The first-order valence-electron chi connectivity index (χ1n) is 6.37. The van der Waals surface area contributed by atoms with Crippen LogP contribution in [0, 0.1) is 0 Å². The Kier molecular flexibility index (Phi) is 4.89. The van der Waals surface area contributed by atoms with Crippen LogP contribution in [0.4, 0.5) is 0 Å². The van der Waals surface area contributed by atoms with E-state index in [2.05, 4.69) is 10.3 Å². The van der Waals surface area contributed by atoms with Crippen LogP contribution in [-0.4, -0.2) is 48.9 Å². The lowest BCUT2D eigenvalue weighted by molar-refractivity contribution is 0.0595. The van der Waals surface area contributed by atoms with Crippen molar-refractivity contribution >= 4 is 5.97 Å². The maximum Gasteiger partial charge on any atom is 0.360 e. The molecule has 0 aliphatic rings. The highest BCUT2D eigenvalue weighted by Gasteiger charge is 2.23. The molecular formula is C14H17N3O4. The molecule has 7 nitrogen and oxygen atoms in total. The third kappa shape index (κ3) is 3.03. The van der Waals surface area contributed by atoms with E-state index in [0.29, 0.717) is 24.6 Å². The molecule has 1 aromatic carbocycles. The first-order chi connectivity index (χ1) is 10.2. The lowest BCUT2D eigenvalue weighted by Crippen LogP contribution is -2.10. The molecular weight excluding hydrogens is 274 g/mol. The molecule has 21 heavy (non-hydrogen) atoms. The van der Waals surface area contributed by atoms with Crippen molar-refractivity contribution in [3.63, 3.8) is 0 Å². The highest BCUT2D eigenvalue weighted by molar-refractivity contribution is 5.94. The first kappa shape index (κ1) is 15.0. The summed E-state index contributed by atoms with van der Waals surface area (Å²) in [7, 11) is 4.48. The number of rotatable bonds is 6.